The van der Waals surface area contributed by atoms with E-state index in [4.69, 9.17) is 14.2 Å². The number of rotatable bonds is 23. The fourth-order valence-electron chi connectivity index (χ4n) is 2.52. The van der Waals surface area contributed by atoms with Crippen molar-refractivity contribution in [3.8, 4) is 0 Å². The summed E-state index contributed by atoms with van der Waals surface area (Å²) in [6.07, 6.45) is 1.09. The van der Waals surface area contributed by atoms with Crippen LogP contribution in [0.3, 0.4) is 0 Å². The molecule has 0 fully saturated rings. The summed E-state index contributed by atoms with van der Waals surface area (Å²) < 4.78 is 46.8. The molecular weight excluding hydrogens is 556 g/mol. The molecule has 216 valence electrons. The van der Waals surface area contributed by atoms with Gasteiger partial charge in [-0.25, -0.2) is 4.68 Å². The summed E-state index contributed by atoms with van der Waals surface area (Å²) in [7, 11) is -4.73. The normalized spacial score (nSPS) is 13.0. The number of phosphoric acid groups is 1. The molecule has 1 aromatic heterocycles. The number of ether oxygens (including phenoxy) is 5. The first-order valence-corrected chi connectivity index (χ1v) is 13.2. The first-order valence-electron chi connectivity index (χ1n) is 11.7. The minimum Gasteiger partial charge on any atom is -0.756 e. The zero-order valence-electron chi connectivity index (χ0n) is 22.3. The van der Waals surface area contributed by atoms with Gasteiger partial charge in [-0.3, -0.25) is 23.7 Å². The summed E-state index contributed by atoms with van der Waals surface area (Å²) >= 11 is 0. The molecule has 0 saturated heterocycles. The second-order valence-corrected chi connectivity index (χ2v) is 9.26. The van der Waals surface area contributed by atoms with Crippen LogP contribution < -0.4 is 34.5 Å². The van der Waals surface area contributed by atoms with E-state index in [0.717, 1.165) is 0 Å². The van der Waals surface area contributed by atoms with Crippen LogP contribution in [0.15, 0.2) is 6.20 Å². The van der Waals surface area contributed by atoms with Gasteiger partial charge in [0.1, 0.15) is 25.5 Å². The summed E-state index contributed by atoms with van der Waals surface area (Å²) in [5.41, 5.74) is 0.560. The molecule has 0 aromatic carbocycles. The predicted octanol–water partition coefficient (Wildman–Crippen LogP) is -2.76. The molecule has 0 aliphatic carbocycles. The molecule has 1 aromatic rings. The van der Waals surface area contributed by atoms with Gasteiger partial charge in [0, 0.05) is 25.5 Å². The quantitative estimate of drug-likeness (QED) is 0.0317. The maximum Gasteiger partial charge on any atom is 1.00 e. The zero-order valence-corrected chi connectivity index (χ0v) is 25.2. The Labute approximate surface area is 247 Å². The molecule has 2 atom stereocenters. The number of carbonyl (C=O) groups is 4. The Kier molecular flexibility index (Phi) is 20.8. The molecule has 0 aliphatic rings. The van der Waals surface area contributed by atoms with E-state index in [9.17, 15) is 28.6 Å². The van der Waals surface area contributed by atoms with E-state index in [-0.39, 0.29) is 101 Å². The summed E-state index contributed by atoms with van der Waals surface area (Å²) in [4.78, 5) is 55.6. The number of esters is 2. The van der Waals surface area contributed by atoms with Crippen molar-refractivity contribution in [1.29, 1.82) is 0 Å². The fraction of sp³-hybridized carbons (Fsp3) is 0.714. The second kappa shape index (κ2) is 21.9. The van der Waals surface area contributed by atoms with Gasteiger partial charge in [-0.05, 0) is 26.7 Å². The maximum atomic E-state index is 11.8. The Morgan fingerprint density at radius 2 is 1.69 bits per heavy atom. The average molecular weight is 589 g/mol. The van der Waals surface area contributed by atoms with E-state index in [0.29, 0.717) is 12.1 Å². The van der Waals surface area contributed by atoms with Crippen molar-refractivity contribution in [2.24, 2.45) is 0 Å². The van der Waals surface area contributed by atoms with Gasteiger partial charge in [-0.1, -0.05) is 5.21 Å². The van der Waals surface area contributed by atoms with Gasteiger partial charge >= 0.3 is 41.5 Å². The van der Waals surface area contributed by atoms with Crippen LogP contribution in [-0.2, 0) is 63.1 Å². The van der Waals surface area contributed by atoms with Crippen LogP contribution in [0.5, 0.6) is 0 Å². The summed E-state index contributed by atoms with van der Waals surface area (Å²) in [6, 6.07) is 0.163. The van der Waals surface area contributed by atoms with Crippen LogP contribution in [-0.4, -0.2) is 85.6 Å². The van der Waals surface area contributed by atoms with Crippen LogP contribution >= 0.6 is 7.82 Å². The summed E-state index contributed by atoms with van der Waals surface area (Å²) in [5, 5.41) is 7.84. The van der Waals surface area contributed by atoms with E-state index in [2.05, 4.69) is 28.8 Å². The second-order valence-electron chi connectivity index (χ2n) is 7.84. The fourth-order valence-corrected chi connectivity index (χ4v) is 3.30. The average Bonchev–Trinajstić information content (AvgIpc) is 3.36. The van der Waals surface area contributed by atoms with Crippen molar-refractivity contribution in [1.82, 2.24) is 15.0 Å². The van der Waals surface area contributed by atoms with Crippen LogP contribution in [0, 0.1) is 0 Å². The van der Waals surface area contributed by atoms with Gasteiger partial charge in [0.15, 0.2) is 6.10 Å². The van der Waals surface area contributed by atoms with Crippen molar-refractivity contribution in [3.05, 3.63) is 11.9 Å². The van der Waals surface area contributed by atoms with Gasteiger partial charge in [-0.15, -0.1) is 5.10 Å². The molecule has 0 amide bonds. The van der Waals surface area contributed by atoms with Crippen LogP contribution in [0.2, 0.25) is 0 Å². The Morgan fingerprint density at radius 1 is 1.00 bits per heavy atom. The number of hydrogen-bond donors (Lipinski definition) is 0. The molecule has 1 heterocycles. The van der Waals surface area contributed by atoms with Crippen LogP contribution in [0.4, 0.5) is 0 Å². The minimum atomic E-state index is -4.73. The Bertz CT molecular complexity index is 902. The van der Waals surface area contributed by atoms with E-state index < -0.39 is 39.1 Å². The van der Waals surface area contributed by atoms with Gasteiger partial charge in [0.25, 0.3) is 20.8 Å². The third-order valence-corrected chi connectivity index (χ3v) is 5.38. The molecule has 0 radical (unpaired) electrons. The van der Waals surface area contributed by atoms with E-state index in [1.165, 1.54) is 0 Å². The van der Waals surface area contributed by atoms with Gasteiger partial charge in [0.2, 0.25) is 0 Å². The summed E-state index contributed by atoms with van der Waals surface area (Å²) in [6.45, 7) is 3.13. The number of hydrogen-bond acceptors (Lipinski definition) is 15. The van der Waals surface area contributed by atoms with Crippen molar-refractivity contribution in [2.45, 2.75) is 58.3 Å². The molecule has 18 heteroatoms. The Balaban J connectivity index is 0.0000144. The Morgan fingerprint density at radius 3 is 2.33 bits per heavy atom. The number of aromatic nitrogens is 3. The van der Waals surface area contributed by atoms with E-state index in [1.54, 1.807) is 10.9 Å². The van der Waals surface area contributed by atoms with Crippen molar-refractivity contribution < 1.29 is 90.9 Å². The van der Waals surface area contributed by atoms with Crippen molar-refractivity contribution in [3.63, 3.8) is 0 Å². The molecule has 1 rings (SSSR count). The summed E-state index contributed by atoms with van der Waals surface area (Å²) in [5.74, 6) is -0.974. The van der Waals surface area contributed by atoms with Crippen molar-refractivity contribution in [2.75, 3.05) is 39.6 Å². The number of nitrogens with zero attached hydrogens (tertiary/aromatic N) is 3. The largest absolute Gasteiger partial charge is 1.00 e. The van der Waals surface area contributed by atoms with E-state index >= 15 is 0 Å². The molecule has 0 spiro atoms. The molecule has 39 heavy (non-hydrogen) atoms. The van der Waals surface area contributed by atoms with Gasteiger partial charge in [-0.2, -0.15) is 0 Å². The smallest absolute Gasteiger partial charge is 0.756 e. The first-order chi connectivity index (χ1) is 18.2. The number of carbonyl (C=O) groups excluding carboxylic acids is 4. The SMILES string of the molecule is CC(C)n1cc(COC(=O)CCCOCCOC(=O)CCCOP(=O)([O-])OCC(COC=O)OC=O)nn1.[Na+]. The van der Waals surface area contributed by atoms with Gasteiger partial charge < -0.3 is 37.6 Å². The molecule has 2 unspecified atom stereocenters. The van der Waals surface area contributed by atoms with Crippen LogP contribution in [0.1, 0.15) is 51.3 Å². The monoisotopic (exact) mass is 589 g/mol. The zero-order chi connectivity index (χ0) is 28.2. The topological polar surface area (TPSA) is 204 Å². The maximum absolute atomic E-state index is 11.8. The molecule has 0 N–H and O–H groups in total. The Hall–Kier alpha value is -1.91. The first kappa shape index (κ1) is 37.1. The molecule has 16 nitrogen and oxygen atoms in total. The molecule has 0 bridgehead atoms. The third-order valence-electron chi connectivity index (χ3n) is 4.42. The van der Waals surface area contributed by atoms with Crippen LogP contribution in [0.25, 0.3) is 0 Å². The minimum absolute atomic E-state index is 0. The number of phosphoric ester groups is 1. The van der Waals surface area contributed by atoms with E-state index in [1.807, 2.05) is 13.8 Å². The van der Waals surface area contributed by atoms with Gasteiger partial charge in [0.05, 0.1) is 26.0 Å². The standard InChI is InChI=1S/C21H34N3O13P.Na/c1-17(2)24-11-18(22-23-24)12-34-21(28)5-3-7-31-9-10-33-20(27)6-4-8-36-38(29,30)37-14-19(35-16-26)13-32-15-25;/h11,15-17,19H,3-10,12-14H2,1-2H3,(H,29,30);/q;+1/p-1. The third kappa shape index (κ3) is 18.9. The molecule has 0 saturated carbocycles. The molecule has 0 aliphatic heterocycles. The van der Waals surface area contributed by atoms with Crippen molar-refractivity contribution >= 4 is 32.7 Å². The predicted molar refractivity (Wildman–Crippen MR) is 123 cm³/mol. The molecular formula is C21H33N3NaO13P.